The first-order valence-electron chi connectivity index (χ1n) is 9.25. The van der Waals surface area contributed by atoms with Gasteiger partial charge in [-0.3, -0.25) is 4.90 Å². The highest BCUT2D eigenvalue weighted by atomic mass is 28.4. The van der Waals surface area contributed by atoms with Crippen LogP contribution in [-0.2, 0) is 8.85 Å². The summed E-state index contributed by atoms with van der Waals surface area (Å²) in [5.74, 6) is 0. The Bertz CT molecular complexity index is 328. The third kappa shape index (κ3) is 8.10. The van der Waals surface area contributed by atoms with Gasteiger partial charge in [0, 0.05) is 32.8 Å². The summed E-state index contributed by atoms with van der Waals surface area (Å²) in [7, 11) is -3.39. The van der Waals surface area contributed by atoms with Gasteiger partial charge in [-0.2, -0.15) is 0 Å². The Kier molecular flexibility index (Phi) is 9.39. The molecule has 0 unspecified atom stereocenters. The second-order valence-corrected chi connectivity index (χ2v) is 19.4. The lowest BCUT2D eigenvalue weighted by Gasteiger charge is -2.38. The summed E-state index contributed by atoms with van der Waals surface area (Å²) in [4.78, 5) is 2.25. The van der Waals surface area contributed by atoms with Crippen LogP contribution in [0.5, 0.6) is 0 Å². The van der Waals surface area contributed by atoms with Gasteiger partial charge >= 0.3 is 0 Å². The summed E-state index contributed by atoms with van der Waals surface area (Å²) < 4.78 is 12.5. The Labute approximate surface area is 153 Å². The molecule has 0 aliphatic heterocycles. The molecule has 0 aromatic heterocycles. The van der Waals surface area contributed by atoms with Gasteiger partial charge in [-0.15, -0.1) is 0 Å². The van der Waals surface area contributed by atoms with Crippen LogP contribution in [0.25, 0.3) is 0 Å². The summed E-state index contributed by atoms with van der Waals surface area (Å²) >= 11 is 0. The van der Waals surface area contributed by atoms with E-state index in [1.54, 1.807) is 0 Å². The predicted molar refractivity (Wildman–Crippen MR) is 110 cm³/mol. The van der Waals surface area contributed by atoms with Crippen LogP contribution in [0, 0.1) is 0 Å². The van der Waals surface area contributed by atoms with Crippen molar-refractivity contribution in [3.05, 3.63) is 0 Å². The van der Waals surface area contributed by atoms with Crippen molar-refractivity contribution in [2.24, 2.45) is 0 Å². The minimum absolute atomic E-state index is 0.181. The van der Waals surface area contributed by atoms with Crippen LogP contribution in [-0.4, -0.2) is 66.1 Å². The Morgan fingerprint density at radius 3 is 1.29 bits per heavy atom. The first kappa shape index (κ1) is 24.3. The molecule has 0 aliphatic carbocycles. The Morgan fingerprint density at radius 1 is 0.708 bits per heavy atom. The molecule has 1 N–H and O–H groups in total. The maximum Gasteiger partial charge on any atom is 0.192 e. The first-order valence-corrected chi connectivity index (χ1v) is 15.1. The molecule has 0 aliphatic rings. The van der Waals surface area contributed by atoms with E-state index in [4.69, 9.17) is 8.85 Å². The summed E-state index contributed by atoms with van der Waals surface area (Å²) in [5, 5.41) is 9.78. The molecule has 0 atom stereocenters. The molecule has 4 nitrogen and oxygen atoms in total. The van der Waals surface area contributed by atoms with Crippen molar-refractivity contribution >= 4 is 16.6 Å². The topological polar surface area (TPSA) is 41.9 Å². The summed E-state index contributed by atoms with van der Waals surface area (Å²) in [6, 6.07) is 0. The van der Waals surface area contributed by atoms with Gasteiger partial charge < -0.3 is 14.0 Å². The number of aliphatic hydroxyl groups excluding tert-OH is 1. The molecule has 0 amide bonds. The van der Waals surface area contributed by atoms with Gasteiger partial charge in [0.1, 0.15) is 0 Å². The minimum Gasteiger partial charge on any atom is -0.416 e. The van der Waals surface area contributed by atoms with Crippen LogP contribution in [0.2, 0.25) is 36.3 Å². The van der Waals surface area contributed by atoms with E-state index in [1.165, 1.54) is 0 Å². The molecule has 0 rings (SSSR count). The van der Waals surface area contributed by atoms with E-state index in [1.807, 2.05) is 0 Å². The van der Waals surface area contributed by atoms with Crippen molar-refractivity contribution in [2.45, 2.75) is 77.8 Å². The third-order valence-electron chi connectivity index (χ3n) is 5.77. The molecular weight excluding hydrogens is 334 g/mol. The van der Waals surface area contributed by atoms with Crippen molar-refractivity contribution in [3.63, 3.8) is 0 Å². The summed E-state index contributed by atoms with van der Waals surface area (Å²) in [5.41, 5.74) is 0. The second kappa shape index (κ2) is 9.28. The van der Waals surface area contributed by atoms with Crippen LogP contribution >= 0.6 is 0 Å². The molecule has 0 fully saturated rings. The molecule has 0 saturated carbocycles. The highest BCUT2D eigenvalue weighted by Gasteiger charge is 2.38. The maximum absolute atomic E-state index is 9.31. The first-order chi connectivity index (χ1) is 10.6. The van der Waals surface area contributed by atoms with E-state index in [9.17, 15) is 5.11 Å². The number of rotatable bonds is 10. The third-order valence-corrected chi connectivity index (χ3v) is 14.8. The molecule has 0 aromatic carbocycles. The summed E-state index contributed by atoms with van der Waals surface area (Å²) in [6.45, 7) is 26.7. The fraction of sp³-hybridized carbons (Fsp3) is 1.00. The van der Waals surface area contributed by atoms with Crippen molar-refractivity contribution in [1.29, 1.82) is 0 Å². The highest BCUT2D eigenvalue weighted by Crippen LogP contribution is 2.37. The van der Waals surface area contributed by atoms with E-state index < -0.39 is 16.6 Å². The van der Waals surface area contributed by atoms with Gasteiger partial charge in [-0.1, -0.05) is 41.5 Å². The number of hydrogen-bond donors (Lipinski definition) is 1. The molecule has 0 radical (unpaired) electrons. The van der Waals surface area contributed by atoms with Crippen LogP contribution in [0.1, 0.15) is 41.5 Å². The monoisotopic (exact) mass is 377 g/mol. The molecule has 146 valence electrons. The lowest BCUT2D eigenvalue weighted by atomic mass is 10.2. The van der Waals surface area contributed by atoms with Crippen molar-refractivity contribution in [1.82, 2.24) is 4.90 Å². The molecule has 0 heterocycles. The maximum atomic E-state index is 9.31. The summed E-state index contributed by atoms with van der Waals surface area (Å²) in [6.07, 6.45) is 0. The zero-order valence-corrected chi connectivity index (χ0v) is 20.0. The normalized spacial score (nSPS) is 14.5. The smallest absolute Gasteiger partial charge is 0.192 e. The zero-order valence-electron chi connectivity index (χ0n) is 18.0. The Balaban J connectivity index is 4.38. The molecule has 0 bridgehead atoms. The number of hydrogen-bond acceptors (Lipinski definition) is 4. The molecule has 0 spiro atoms. The van der Waals surface area contributed by atoms with Gasteiger partial charge in [0.25, 0.3) is 0 Å². The predicted octanol–water partition coefficient (Wildman–Crippen LogP) is 4.32. The molecule has 0 saturated heterocycles. The Morgan fingerprint density at radius 2 is 1.04 bits per heavy atom. The van der Waals surface area contributed by atoms with Crippen molar-refractivity contribution in [3.8, 4) is 0 Å². The van der Waals surface area contributed by atoms with Crippen molar-refractivity contribution < 1.29 is 14.0 Å². The zero-order chi connectivity index (χ0) is 19.2. The van der Waals surface area contributed by atoms with Gasteiger partial charge in [-0.25, -0.2) is 0 Å². The average molecular weight is 378 g/mol. The van der Waals surface area contributed by atoms with Crippen LogP contribution in [0.15, 0.2) is 0 Å². The van der Waals surface area contributed by atoms with Crippen LogP contribution in [0.4, 0.5) is 0 Å². The van der Waals surface area contributed by atoms with E-state index >= 15 is 0 Å². The fourth-order valence-electron chi connectivity index (χ4n) is 1.77. The molecule has 6 heteroatoms. The molecule has 0 aromatic rings. The minimum atomic E-state index is -1.69. The van der Waals surface area contributed by atoms with E-state index in [-0.39, 0.29) is 16.7 Å². The van der Waals surface area contributed by atoms with Crippen LogP contribution in [0.3, 0.4) is 0 Å². The average Bonchev–Trinajstić information content (AvgIpc) is 2.35. The fourth-order valence-corrected chi connectivity index (χ4v) is 3.84. The van der Waals surface area contributed by atoms with Gasteiger partial charge in [-0.05, 0) is 36.3 Å². The van der Waals surface area contributed by atoms with E-state index in [2.05, 4.69) is 72.6 Å². The van der Waals surface area contributed by atoms with E-state index in [0.717, 1.165) is 26.3 Å². The Hall–Kier alpha value is 0.274. The largest absolute Gasteiger partial charge is 0.416 e. The van der Waals surface area contributed by atoms with Gasteiger partial charge in [0.15, 0.2) is 16.6 Å². The van der Waals surface area contributed by atoms with Gasteiger partial charge in [0.05, 0.1) is 6.61 Å². The number of aliphatic hydroxyl groups is 1. The van der Waals surface area contributed by atoms with E-state index in [0.29, 0.717) is 6.54 Å². The number of nitrogens with zero attached hydrogens (tertiary/aromatic N) is 1. The lowest BCUT2D eigenvalue weighted by molar-refractivity contribution is 0.140. The lowest BCUT2D eigenvalue weighted by Crippen LogP contribution is -2.45. The highest BCUT2D eigenvalue weighted by molar-refractivity contribution is 6.74. The quantitative estimate of drug-likeness (QED) is 0.576. The SMILES string of the molecule is CC(C)(C)[Si](C)(C)OCCN(CCO)CCO[Si](C)(C)C(C)(C)C. The standard InChI is InChI=1S/C18H43NO3Si2/c1-17(2,3)23(7,8)21-15-12-19(11-14-20)13-16-22-24(9,10)18(4,5)6/h20H,11-16H2,1-10H3. The second-order valence-electron chi connectivity index (χ2n) is 9.78. The van der Waals surface area contributed by atoms with Crippen molar-refractivity contribution in [2.75, 3.05) is 39.5 Å². The van der Waals surface area contributed by atoms with Gasteiger partial charge in [0.2, 0.25) is 0 Å². The molecular formula is C18H43NO3Si2. The molecule has 24 heavy (non-hydrogen) atoms. The van der Waals surface area contributed by atoms with Crippen LogP contribution < -0.4 is 0 Å².